The summed E-state index contributed by atoms with van der Waals surface area (Å²) in [6, 6.07) is 0. The van der Waals surface area contributed by atoms with Gasteiger partial charge in [0, 0.05) is 0 Å². The highest BCUT2D eigenvalue weighted by Gasteiger charge is 2.51. The van der Waals surface area contributed by atoms with E-state index in [4.69, 9.17) is 13.6 Å². The predicted octanol–water partition coefficient (Wildman–Crippen LogP) is 5.33. The Hall–Kier alpha value is 0.314. The van der Waals surface area contributed by atoms with Gasteiger partial charge < -0.3 is 13.6 Å². The largest absolute Gasteiger partial charge is 0.455 e. The third-order valence-electron chi connectivity index (χ3n) is 8.22. The Kier molecular flexibility index (Phi) is 4.81. The number of epoxide rings is 2. The maximum Gasteiger partial charge on any atom is 0.176 e. The molecule has 2 heterocycles. The van der Waals surface area contributed by atoms with Crippen molar-refractivity contribution in [2.24, 2.45) is 11.8 Å². The molecule has 2 aliphatic heterocycles. The van der Waals surface area contributed by atoms with E-state index in [9.17, 15) is 0 Å². The summed E-state index contributed by atoms with van der Waals surface area (Å²) in [7, 11) is -3.40. The van der Waals surface area contributed by atoms with Gasteiger partial charge in [0.1, 0.15) is 0 Å². The van der Waals surface area contributed by atoms with E-state index in [1.165, 1.54) is 38.5 Å². The standard InChI is InChI=1S/C20H38O3Si2/c1-13(15-7-9-17-19(11-15)21-17)24(3,4)23-25(5,6)14(2)16-8-10-18-20(12-16)22-18/h13-20H,7-12H2,1-6H3/t13-,14-,15-,16-,17+,18+,19-,20-/m1/s1. The van der Waals surface area contributed by atoms with Crippen LogP contribution in [-0.4, -0.2) is 41.1 Å². The van der Waals surface area contributed by atoms with Gasteiger partial charge in [-0.1, -0.05) is 13.8 Å². The van der Waals surface area contributed by atoms with E-state index in [1.807, 2.05) is 0 Å². The summed E-state index contributed by atoms with van der Waals surface area (Å²) < 4.78 is 18.7. The minimum atomic E-state index is -1.70. The average molecular weight is 383 g/mol. The van der Waals surface area contributed by atoms with Crippen LogP contribution in [0.2, 0.25) is 37.3 Å². The lowest BCUT2D eigenvalue weighted by atomic mass is 9.87. The molecule has 2 saturated carbocycles. The van der Waals surface area contributed by atoms with Crippen LogP contribution < -0.4 is 0 Å². The van der Waals surface area contributed by atoms with Gasteiger partial charge >= 0.3 is 0 Å². The molecule has 0 aromatic heterocycles. The van der Waals surface area contributed by atoms with Crippen LogP contribution in [0.25, 0.3) is 0 Å². The van der Waals surface area contributed by atoms with Crippen LogP contribution in [0, 0.1) is 11.8 Å². The first-order valence-electron chi connectivity index (χ1n) is 10.7. The third-order valence-corrected chi connectivity index (χ3v) is 17.8. The summed E-state index contributed by atoms with van der Waals surface area (Å²) >= 11 is 0. The van der Waals surface area contributed by atoms with Gasteiger partial charge in [-0.25, -0.2) is 0 Å². The van der Waals surface area contributed by atoms with E-state index in [0.29, 0.717) is 24.4 Å². The molecule has 4 aliphatic rings. The lowest BCUT2D eigenvalue weighted by Gasteiger charge is -2.45. The average Bonchev–Trinajstić information content (AvgIpc) is 3.43. The smallest absolute Gasteiger partial charge is 0.176 e. The number of rotatable bonds is 6. The van der Waals surface area contributed by atoms with Gasteiger partial charge in [-0.05, 0) is 87.6 Å². The summed E-state index contributed by atoms with van der Waals surface area (Å²) in [5, 5.41) is 0. The topological polar surface area (TPSA) is 34.3 Å². The molecule has 2 saturated heterocycles. The predicted molar refractivity (Wildman–Crippen MR) is 107 cm³/mol. The number of ether oxygens (including phenoxy) is 2. The van der Waals surface area contributed by atoms with E-state index in [1.54, 1.807) is 0 Å². The molecule has 144 valence electrons. The summed E-state index contributed by atoms with van der Waals surface area (Å²) in [6.45, 7) is 14.9. The first-order valence-corrected chi connectivity index (χ1v) is 16.7. The highest BCUT2D eigenvalue weighted by Crippen LogP contribution is 2.50. The van der Waals surface area contributed by atoms with Crippen molar-refractivity contribution in [3.05, 3.63) is 0 Å². The highest BCUT2D eigenvalue weighted by atomic mass is 28.4. The fourth-order valence-electron chi connectivity index (χ4n) is 5.78. The van der Waals surface area contributed by atoms with Gasteiger partial charge in [0.25, 0.3) is 0 Å². The summed E-state index contributed by atoms with van der Waals surface area (Å²) in [5.74, 6) is 1.64. The number of hydrogen-bond acceptors (Lipinski definition) is 3. The molecule has 0 spiro atoms. The van der Waals surface area contributed by atoms with Crippen LogP contribution in [0.3, 0.4) is 0 Å². The minimum absolute atomic E-state index is 0.587. The van der Waals surface area contributed by atoms with Gasteiger partial charge in [0.15, 0.2) is 16.6 Å². The molecule has 0 aromatic carbocycles. The molecule has 0 radical (unpaired) electrons. The van der Waals surface area contributed by atoms with E-state index in [2.05, 4.69) is 40.0 Å². The van der Waals surface area contributed by atoms with Gasteiger partial charge in [-0.3, -0.25) is 0 Å². The second-order valence-corrected chi connectivity index (χ2v) is 19.5. The molecule has 3 nitrogen and oxygen atoms in total. The molecular formula is C20H38O3Si2. The fourth-order valence-corrected chi connectivity index (χ4v) is 15.6. The molecule has 0 amide bonds. The molecule has 0 N–H and O–H groups in total. The minimum Gasteiger partial charge on any atom is -0.455 e. The Bertz CT molecular complexity index is 465. The van der Waals surface area contributed by atoms with Gasteiger partial charge in [-0.2, -0.15) is 0 Å². The molecule has 0 bridgehead atoms. The number of fused-ring (bicyclic) bond motifs is 2. The van der Waals surface area contributed by atoms with Gasteiger partial charge in [-0.15, -0.1) is 0 Å². The molecule has 0 aromatic rings. The van der Waals surface area contributed by atoms with Crippen LogP contribution in [0.4, 0.5) is 0 Å². The lowest BCUT2D eigenvalue weighted by molar-refractivity contribution is 0.329. The molecule has 4 rings (SSSR count). The molecule has 4 fully saturated rings. The highest BCUT2D eigenvalue weighted by molar-refractivity contribution is 6.86. The van der Waals surface area contributed by atoms with Crippen LogP contribution in [0.15, 0.2) is 0 Å². The molecule has 5 heteroatoms. The third kappa shape index (κ3) is 3.82. The quantitative estimate of drug-likeness (QED) is 0.460. The zero-order valence-electron chi connectivity index (χ0n) is 17.1. The van der Waals surface area contributed by atoms with Crippen LogP contribution in [0.1, 0.15) is 52.4 Å². The van der Waals surface area contributed by atoms with Crippen LogP contribution in [-0.2, 0) is 13.6 Å². The van der Waals surface area contributed by atoms with Crippen molar-refractivity contribution >= 4 is 16.6 Å². The summed E-state index contributed by atoms with van der Waals surface area (Å²) in [6.07, 6.45) is 10.2. The monoisotopic (exact) mass is 382 g/mol. The van der Waals surface area contributed by atoms with E-state index in [-0.39, 0.29) is 0 Å². The maximum atomic E-state index is 7.15. The summed E-state index contributed by atoms with van der Waals surface area (Å²) in [4.78, 5) is 0. The molecule has 0 unspecified atom stereocenters. The normalized spacial score (nSPS) is 43.0. The lowest BCUT2D eigenvalue weighted by Crippen LogP contribution is -2.52. The fraction of sp³-hybridized carbons (Fsp3) is 1.00. The Morgan fingerprint density at radius 1 is 0.680 bits per heavy atom. The Labute approximate surface area is 156 Å². The zero-order valence-corrected chi connectivity index (χ0v) is 19.1. The second kappa shape index (κ2) is 6.44. The Morgan fingerprint density at radius 3 is 1.44 bits per heavy atom. The Balaban J connectivity index is 1.37. The van der Waals surface area contributed by atoms with Crippen molar-refractivity contribution in [1.29, 1.82) is 0 Å². The van der Waals surface area contributed by atoms with Gasteiger partial charge in [0.05, 0.1) is 24.4 Å². The van der Waals surface area contributed by atoms with Crippen LogP contribution in [0.5, 0.6) is 0 Å². The van der Waals surface area contributed by atoms with Crippen molar-refractivity contribution in [3.63, 3.8) is 0 Å². The van der Waals surface area contributed by atoms with Crippen molar-refractivity contribution in [3.8, 4) is 0 Å². The summed E-state index contributed by atoms with van der Waals surface area (Å²) in [5.41, 5.74) is 1.47. The van der Waals surface area contributed by atoms with E-state index < -0.39 is 16.6 Å². The van der Waals surface area contributed by atoms with Crippen molar-refractivity contribution in [1.82, 2.24) is 0 Å². The molecule has 8 atom stereocenters. The molecular weight excluding hydrogens is 344 g/mol. The second-order valence-electron chi connectivity index (χ2n) is 10.5. The molecule has 25 heavy (non-hydrogen) atoms. The van der Waals surface area contributed by atoms with E-state index >= 15 is 0 Å². The zero-order chi connectivity index (χ0) is 18.0. The van der Waals surface area contributed by atoms with Crippen LogP contribution >= 0.6 is 0 Å². The Morgan fingerprint density at radius 2 is 1.08 bits per heavy atom. The van der Waals surface area contributed by atoms with Crippen molar-refractivity contribution in [2.75, 3.05) is 0 Å². The van der Waals surface area contributed by atoms with Crippen molar-refractivity contribution < 1.29 is 13.6 Å². The maximum absolute atomic E-state index is 7.15. The van der Waals surface area contributed by atoms with Crippen molar-refractivity contribution in [2.45, 2.75) is 114 Å². The SMILES string of the molecule is C[C@H]([C@@H]1CC[C@@H]2O[C@@H]2C1)[Si](C)(C)O[Si](C)(C)[C@H](C)[C@@H]1CC[C@@H]2O[C@@H]2C1. The first-order chi connectivity index (χ1) is 11.7. The van der Waals surface area contributed by atoms with E-state index in [0.717, 1.165) is 22.9 Å². The first kappa shape index (κ1) is 18.7. The molecule has 2 aliphatic carbocycles. The number of hydrogen-bond donors (Lipinski definition) is 0. The van der Waals surface area contributed by atoms with Gasteiger partial charge in [0.2, 0.25) is 0 Å².